The minimum absolute atomic E-state index is 1.15. The normalized spacial score (nSPS) is 11.7. The number of fused-ring (bicyclic) bond motifs is 6. The maximum absolute atomic E-state index is 4.50. The molecule has 3 nitrogen and oxygen atoms in total. The predicted octanol–water partition coefficient (Wildman–Crippen LogP) is 8.94. The Morgan fingerprint density at radius 3 is 2.11 bits per heavy atom. The molecule has 0 aliphatic heterocycles. The molecule has 0 spiro atoms. The van der Waals surface area contributed by atoms with E-state index in [4.69, 9.17) is 0 Å². The molecule has 0 fully saturated rings. The monoisotopic (exact) mass is 485 g/mol. The van der Waals surface area contributed by atoms with E-state index in [1.54, 1.807) is 0 Å². The molecule has 0 unspecified atom stereocenters. The number of rotatable bonds is 3. The maximum Gasteiger partial charge on any atom is 0.0635 e. The summed E-state index contributed by atoms with van der Waals surface area (Å²) in [6.45, 7) is 0. The zero-order valence-corrected chi connectivity index (χ0v) is 20.6. The van der Waals surface area contributed by atoms with Crippen LogP contribution >= 0.6 is 0 Å². The Morgan fingerprint density at radius 2 is 1.24 bits per heavy atom. The van der Waals surface area contributed by atoms with E-state index in [1.807, 2.05) is 12.4 Å². The lowest BCUT2D eigenvalue weighted by Gasteiger charge is -2.11. The summed E-state index contributed by atoms with van der Waals surface area (Å²) in [4.78, 5) is 4.50. The Balaban J connectivity index is 1.37. The molecular formula is C35H23N3. The molecule has 0 bridgehead atoms. The van der Waals surface area contributed by atoms with Crippen molar-refractivity contribution in [1.29, 1.82) is 0 Å². The summed E-state index contributed by atoms with van der Waals surface area (Å²) >= 11 is 0. The van der Waals surface area contributed by atoms with Gasteiger partial charge in [-0.15, -0.1) is 0 Å². The van der Waals surface area contributed by atoms with E-state index in [1.165, 1.54) is 43.7 Å². The van der Waals surface area contributed by atoms with E-state index in [0.29, 0.717) is 0 Å². The van der Waals surface area contributed by atoms with Gasteiger partial charge in [0, 0.05) is 57.1 Å². The van der Waals surface area contributed by atoms with Crippen molar-refractivity contribution >= 4 is 43.5 Å². The fourth-order valence-electron chi connectivity index (χ4n) is 5.89. The van der Waals surface area contributed by atoms with Gasteiger partial charge in [0.25, 0.3) is 0 Å². The van der Waals surface area contributed by atoms with Crippen LogP contribution in [0, 0.1) is 0 Å². The second kappa shape index (κ2) is 8.19. The topological polar surface area (TPSA) is 22.8 Å². The van der Waals surface area contributed by atoms with Gasteiger partial charge < -0.3 is 9.13 Å². The standard InChI is InChI=1S/C35H23N3/c1-2-9-26(10-3-1)37-21-20-31-33(37)19-18-30-29-12-6-7-13-34(29)38(35(30)31)27-16-14-24(15-17-27)32-23-36-22-25-8-4-5-11-28(25)32/h1-23H. The molecule has 0 aliphatic carbocycles. The first-order chi connectivity index (χ1) is 18.9. The van der Waals surface area contributed by atoms with Crippen LogP contribution in [0.2, 0.25) is 0 Å². The number of para-hydroxylation sites is 2. The van der Waals surface area contributed by atoms with Crippen LogP contribution in [0.1, 0.15) is 0 Å². The highest BCUT2D eigenvalue weighted by atomic mass is 15.0. The zero-order valence-electron chi connectivity index (χ0n) is 20.6. The smallest absolute Gasteiger partial charge is 0.0635 e. The number of hydrogen-bond acceptors (Lipinski definition) is 1. The van der Waals surface area contributed by atoms with E-state index in [-0.39, 0.29) is 0 Å². The molecule has 38 heavy (non-hydrogen) atoms. The van der Waals surface area contributed by atoms with Crippen LogP contribution in [-0.4, -0.2) is 14.1 Å². The third-order valence-corrected chi connectivity index (χ3v) is 7.64. The Labute approximate surface area is 219 Å². The van der Waals surface area contributed by atoms with Gasteiger partial charge in [-0.2, -0.15) is 0 Å². The van der Waals surface area contributed by atoms with Crippen LogP contribution in [-0.2, 0) is 0 Å². The molecule has 3 heteroatoms. The largest absolute Gasteiger partial charge is 0.316 e. The second-order valence-electron chi connectivity index (χ2n) is 9.72. The van der Waals surface area contributed by atoms with Crippen molar-refractivity contribution in [3.63, 3.8) is 0 Å². The number of hydrogen-bond donors (Lipinski definition) is 0. The van der Waals surface area contributed by atoms with Crippen molar-refractivity contribution in [2.45, 2.75) is 0 Å². The Hall–Kier alpha value is -5.15. The Bertz CT molecular complexity index is 2110. The van der Waals surface area contributed by atoms with Gasteiger partial charge in [0.1, 0.15) is 0 Å². The third kappa shape index (κ3) is 3.06. The molecule has 0 atom stereocenters. The minimum atomic E-state index is 1.15. The molecule has 8 rings (SSSR count). The van der Waals surface area contributed by atoms with Gasteiger partial charge in [0.15, 0.2) is 0 Å². The van der Waals surface area contributed by atoms with Crippen LogP contribution in [0.3, 0.4) is 0 Å². The molecule has 0 saturated carbocycles. The first-order valence-corrected chi connectivity index (χ1v) is 12.9. The van der Waals surface area contributed by atoms with Crippen LogP contribution in [0.4, 0.5) is 0 Å². The summed E-state index contributed by atoms with van der Waals surface area (Å²) in [6.07, 6.45) is 6.07. The highest BCUT2D eigenvalue weighted by Gasteiger charge is 2.17. The van der Waals surface area contributed by atoms with Gasteiger partial charge in [-0.3, -0.25) is 4.98 Å². The second-order valence-corrected chi connectivity index (χ2v) is 9.72. The minimum Gasteiger partial charge on any atom is -0.316 e. The molecule has 8 aromatic rings. The van der Waals surface area contributed by atoms with Gasteiger partial charge in [0.05, 0.1) is 16.6 Å². The van der Waals surface area contributed by atoms with Crippen LogP contribution in [0.25, 0.3) is 66.0 Å². The van der Waals surface area contributed by atoms with Crippen LogP contribution < -0.4 is 0 Å². The maximum atomic E-state index is 4.50. The van der Waals surface area contributed by atoms with Crippen molar-refractivity contribution in [3.05, 3.63) is 140 Å². The molecule has 0 N–H and O–H groups in total. The SMILES string of the molecule is c1ccc(-n2ccc3c2ccc2c4ccccc4n(-c4ccc(-c5cncc6ccccc56)cc4)c23)cc1. The highest BCUT2D eigenvalue weighted by Crippen LogP contribution is 2.38. The van der Waals surface area contributed by atoms with Crippen molar-refractivity contribution in [3.8, 4) is 22.5 Å². The van der Waals surface area contributed by atoms with Crippen molar-refractivity contribution in [2.24, 2.45) is 0 Å². The van der Waals surface area contributed by atoms with Gasteiger partial charge in [-0.05, 0) is 53.4 Å². The lowest BCUT2D eigenvalue weighted by atomic mass is 10.0. The summed E-state index contributed by atoms with van der Waals surface area (Å²) in [6, 6.07) is 43.3. The molecule has 3 aromatic heterocycles. The summed E-state index contributed by atoms with van der Waals surface area (Å²) in [7, 11) is 0. The van der Waals surface area contributed by atoms with Crippen molar-refractivity contribution in [2.75, 3.05) is 0 Å². The summed E-state index contributed by atoms with van der Waals surface area (Å²) < 4.78 is 4.68. The molecule has 0 saturated heterocycles. The average Bonchev–Trinajstić information content (AvgIpc) is 3.57. The summed E-state index contributed by atoms with van der Waals surface area (Å²) in [5.74, 6) is 0. The predicted molar refractivity (Wildman–Crippen MR) is 158 cm³/mol. The highest BCUT2D eigenvalue weighted by molar-refractivity contribution is 6.18. The van der Waals surface area contributed by atoms with Crippen molar-refractivity contribution < 1.29 is 0 Å². The first kappa shape index (κ1) is 21.0. The van der Waals surface area contributed by atoms with E-state index in [9.17, 15) is 0 Å². The van der Waals surface area contributed by atoms with Gasteiger partial charge in [0.2, 0.25) is 0 Å². The molecular weight excluding hydrogens is 462 g/mol. The molecule has 3 heterocycles. The fraction of sp³-hybridized carbons (Fsp3) is 0. The molecule has 5 aromatic carbocycles. The number of nitrogens with zero attached hydrogens (tertiary/aromatic N) is 3. The third-order valence-electron chi connectivity index (χ3n) is 7.64. The van der Waals surface area contributed by atoms with Crippen molar-refractivity contribution in [1.82, 2.24) is 14.1 Å². The number of aromatic nitrogens is 3. The van der Waals surface area contributed by atoms with Crippen LogP contribution in [0.5, 0.6) is 0 Å². The fourth-order valence-corrected chi connectivity index (χ4v) is 5.89. The van der Waals surface area contributed by atoms with Gasteiger partial charge in [-0.25, -0.2) is 0 Å². The first-order valence-electron chi connectivity index (χ1n) is 12.9. The van der Waals surface area contributed by atoms with Gasteiger partial charge >= 0.3 is 0 Å². The summed E-state index contributed by atoms with van der Waals surface area (Å²) in [5, 5.41) is 6.14. The average molecular weight is 486 g/mol. The van der Waals surface area contributed by atoms with Crippen LogP contribution in [0.15, 0.2) is 140 Å². The lowest BCUT2D eigenvalue weighted by molar-refractivity contribution is 1.13. The summed E-state index contributed by atoms with van der Waals surface area (Å²) in [5.41, 5.74) is 8.27. The molecule has 0 aliphatic rings. The number of pyridine rings is 1. The molecule has 0 amide bonds. The Kier molecular flexibility index (Phi) is 4.52. The van der Waals surface area contributed by atoms with E-state index >= 15 is 0 Å². The molecule has 0 radical (unpaired) electrons. The Morgan fingerprint density at radius 1 is 0.474 bits per heavy atom. The van der Waals surface area contributed by atoms with E-state index in [2.05, 4.69) is 142 Å². The van der Waals surface area contributed by atoms with E-state index < -0.39 is 0 Å². The molecule has 178 valence electrons. The zero-order chi connectivity index (χ0) is 25.1. The lowest BCUT2D eigenvalue weighted by Crippen LogP contribution is -1.95. The quantitative estimate of drug-likeness (QED) is 0.245. The number of benzene rings is 5. The van der Waals surface area contributed by atoms with E-state index in [0.717, 1.165) is 22.3 Å². The van der Waals surface area contributed by atoms with Gasteiger partial charge in [-0.1, -0.05) is 78.9 Å².